The average molecular weight is 273 g/mol. The summed E-state index contributed by atoms with van der Waals surface area (Å²) < 4.78 is 0. The minimum atomic E-state index is -0.211. The zero-order valence-electron chi connectivity index (χ0n) is 9.93. The molecule has 0 fully saturated rings. The van der Waals surface area contributed by atoms with Crippen molar-refractivity contribution in [3.8, 4) is 0 Å². The summed E-state index contributed by atoms with van der Waals surface area (Å²) in [5, 5.41) is 4.40. The maximum absolute atomic E-state index is 11.5. The second-order valence-electron chi connectivity index (χ2n) is 3.40. The van der Waals surface area contributed by atoms with Crippen LogP contribution in [-0.4, -0.2) is 32.8 Å². The third kappa shape index (κ3) is 4.84. The molecule has 0 saturated heterocycles. The van der Waals surface area contributed by atoms with Crippen molar-refractivity contribution in [2.75, 3.05) is 5.75 Å². The normalized spacial score (nSPS) is 10.5. The minimum absolute atomic E-state index is 0.211. The molecule has 2 rings (SSSR count). The van der Waals surface area contributed by atoms with Crippen LogP contribution in [-0.2, 0) is 4.79 Å². The van der Waals surface area contributed by atoms with Crippen molar-refractivity contribution >= 4 is 23.9 Å². The van der Waals surface area contributed by atoms with Crippen LogP contribution in [0.1, 0.15) is 5.56 Å². The number of nitrogens with zero attached hydrogens (tertiary/aromatic N) is 4. The van der Waals surface area contributed by atoms with Gasteiger partial charge in [0.15, 0.2) is 5.16 Å². The third-order valence-corrected chi connectivity index (χ3v) is 2.84. The van der Waals surface area contributed by atoms with Gasteiger partial charge in [0.2, 0.25) is 0 Å². The van der Waals surface area contributed by atoms with Crippen LogP contribution in [0.5, 0.6) is 0 Å². The van der Waals surface area contributed by atoms with Gasteiger partial charge >= 0.3 is 0 Å². The van der Waals surface area contributed by atoms with Gasteiger partial charge in [-0.3, -0.25) is 9.78 Å². The van der Waals surface area contributed by atoms with Gasteiger partial charge in [0.05, 0.1) is 12.0 Å². The molecule has 1 amide bonds. The molecule has 2 aromatic rings. The number of carbonyl (C=O) groups excluding carboxylic acids is 1. The van der Waals surface area contributed by atoms with Gasteiger partial charge in [0.25, 0.3) is 5.91 Å². The molecule has 0 atom stereocenters. The van der Waals surface area contributed by atoms with Crippen LogP contribution >= 0.6 is 11.8 Å². The van der Waals surface area contributed by atoms with Crippen molar-refractivity contribution in [3.63, 3.8) is 0 Å². The molecule has 6 nitrogen and oxygen atoms in total. The SMILES string of the molecule is O=C(CSc1ncccn1)N/N=C/c1cccnc1. The molecule has 1 N–H and O–H groups in total. The number of hydrogen-bond donors (Lipinski definition) is 1. The van der Waals surface area contributed by atoms with Crippen LogP contribution in [0.2, 0.25) is 0 Å². The smallest absolute Gasteiger partial charge is 0.250 e. The summed E-state index contributed by atoms with van der Waals surface area (Å²) in [5.74, 6) is 0.00610. The van der Waals surface area contributed by atoms with Gasteiger partial charge in [0, 0.05) is 30.4 Å². The van der Waals surface area contributed by atoms with Crippen LogP contribution in [0.4, 0.5) is 0 Å². The number of pyridine rings is 1. The first-order chi connectivity index (χ1) is 9.34. The summed E-state index contributed by atoms with van der Waals surface area (Å²) in [4.78, 5) is 23.4. The Hall–Kier alpha value is -2.28. The molecule has 0 unspecified atom stereocenters. The molecule has 0 aromatic carbocycles. The summed E-state index contributed by atoms with van der Waals surface area (Å²) in [7, 11) is 0. The fourth-order valence-corrected chi connectivity index (χ4v) is 1.75. The molecule has 0 aliphatic heterocycles. The zero-order chi connectivity index (χ0) is 13.3. The number of nitrogens with one attached hydrogen (secondary N) is 1. The van der Waals surface area contributed by atoms with E-state index in [1.807, 2.05) is 6.07 Å². The van der Waals surface area contributed by atoms with Gasteiger partial charge in [-0.15, -0.1) is 0 Å². The quantitative estimate of drug-likeness (QED) is 0.382. The molecule has 0 aliphatic carbocycles. The van der Waals surface area contributed by atoms with Gasteiger partial charge in [0.1, 0.15) is 0 Å². The van der Waals surface area contributed by atoms with E-state index in [-0.39, 0.29) is 11.7 Å². The zero-order valence-corrected chi connectivity index (χ0v) is 10.7. The van der Waals surface area contributed by atoms with Gasteiger partial charge in [-0.2, -0.15) is 5.10 Å². The lowest BCUT2D eigenvalue weighted by Crippen LogP contribution is -2.19. The summed E-state index contributed by atoms with van der Waals surface area (Å²) in [5.41, 5.74) is 3.25. The van der Waals surface area contributed by atoms with Crippen LogP contribution < -0.4 is 5.43 Å². The minimum Gasteiger partial charge on any atom is -0.272 e. The number of amides is 1. The van der Waals surface area contributed by atoms with Crippen LogP contribution in [0.25, 0.3) is 0 Å². The van der Waals surface area contributed by atoms with E-state index in [9.17, 15) is 4.79 Å². The Bertz CT molecular complexity index is 547. The predicted octanol–water partition coefficient (Wildman–Crippen LogP) is 1.11. The van der Waals surface area contributed by atoms with Crippen molar-refractivity contribution in [3.05, 3.63) is 48.5 Å². The highest BCUT2D eigenvalue weighted by Crippen LogP contribution is 2.09. The fourth-order valence-electron chi connectivity index (χ4n) is 1.15. The highest BCUT2D eigenvalue weighted by molar-refractivity contribution is 7.99. The van der Waals surface area contributed by atoms with E-state index >= 15 is 0 Å². The largest absolute Gasteiger partial charge is 0.272 e. The van der Waals surface area contributed by atoms with Crippen molar-refractivity contribution in [1.29, 1.82) is 0 Å². The van der Waals surface area contributed by atoms with Gasteiger partial charge in [-0.25, -0.2) is 15.4 Å². The molecule has 2 heterocycles. The van der Waals surface area contributed by atoms with E-state index in [2.05, 4.69) is 25.5 Å². The standard InChI is InChI=1S/C12H11N5OS/c18-11(9-19-12-14-5-2-6-15-12)17-16-8-10-3-1-4-13-7-10/h1-8H,9H2,(H,17,18)/b16-8+. The number of aromatic nitrogens is 3. The lowest BCUT2D eigenvalue weighted by molar-refractivity contribution is -0.118. The molecule has 0 radical (unpaired) electrons. The van der Waals surface area contributed by atoms with Crippen molar-refractivity contribution in [2.24, 2.45) is 5.10 Å². The van der Waals surface area contributed by atoms with Gasteiger partial charge < -0.3 is 0 Å². The number of thioether (sulfide) groups is 1. The highest BCUT2D eigenvalue weighted by Gasteiger charge is 2.02. The number of hydrogen-bond acceptors (Lipinski definition) is 6. The Kier molecular flexibility index (Phi) is 5.00. The molecule has 0 aliphatic rings. The lowest BCUT2D eigenvalue weighted by atomic mass is 10.3. The second-order valence-corrected chi connectivity index (χ2v) is 4.34. The van der Waals surface area contributed by atoms with E-state index in [1.54, 1.807) is 36.9 Å². The number of hydrazone groups is 1. The maximum Gasteiger partial charge on any atom is 0.250 e. The number of carbonyl (C=O) groups is 1. The molecular formula is C12H11N5OS. The molecule has 0 saturated carbocycles. The van der Waals surface area contributed by atoms with Crippen LogP contribution in [0.15, 0.2) is 53.2 Å². The van der Waals surface area contributed by atoms with Crippen LogP contribution in [0, 0.1) is 0 Å². The van der Waals surface area contributed by atoms with E-state index in [1.165, 1.54) is 18.0 Å². The van der Waals surface area contributed by atoms with E-state index in [0.29, 0.717) is 5.16 Å². The molecule has 0 spiro atoms. The molecule has 19 heavy (non-hydrogen) atoms. The molecule has 0 bridgehead atoms. The first-order valence-electron chi connectivity index (χ1n) is 5.46. The van der Waals surface area contributed by atoms with Gasteiger partial charge in [-0.1, -0.05) is 17.8 Å². The Balaban J connectivity index is 1.75. The molecule has 96 valence electrons. The summed E-state index contributed by atoms with van der Waals surface area (Å²) >= 11 is 1.25. The fraction of sp³-hybridized carbons (Fsp3) is 0.0833. The highest BCUT2D eigenvalue weighted by atomic mass is 32.2. The third-order valence-electron chi connectivity index (χ3n) is 1.96. The summed E-state index contributed by atoms with van der Waals surface area (Å²) in [6.07, 6.45) is 8.13. The van der Waals surface area contributed by atoms with E-state index < -0.39 is 0 Å². The second kappa shape index (κ2) is 7.22. The van der Waals surface area contributed by atoms with Gasteiger partial charge in [-0.05, 0) is 12.1 Å². The first kappa shape index (κ1) is 13.2. The lowest BCUT2D eigenvalue weighted by Gasteiger charge is -1.98. The molecule has 7 heteroatoms. The Morgan fingerprint density at radius 1 is 1.32 bits per heavy atom. The summed E-state index contributed by atoms with van der Waals surface area (Å²) in [6.45, 7) is 0. The Morgan fingerprint density at radius 3 is 2.89 bits per heavy atom. The molecular weight excluding hydrogens is 262 g/mol. The monoisotopic (exact) mass is 273 g/mol. The number of rotatable bonds is 5. The van der Waals surface area contributed by atoms with Crippen molar-refractivity contribution in [2.45, 2.75) is 5.16 Å². The van der Waals surface area contributed by atoms with E-state index in [0.717, 1.165) is 5.56 Å². The average Bonchev–Trinajstić information content (AvgIpc) is 2.47. The van der Waals surface area contributed by atoms with Crippen LogP contribution in [0.3, 0.4) is 0 Å². The molecule has 2 aromatic heterocycles. The van der Waals surface area contributed by atoms with Crippen molar-refractivity contribution < 1.29 is 4.79 Å². The Morgan fingerprint density at radius 2 is 2.16 bits per heavy atom. The maximum atomic E-state index is 11.5. The summed E-state index contributed by atoms with van der Waals surface area (Å²) in [6, 6.07) is 5.36. The first-order valence-corrected chi connectivity index (χ1v) is 6.45. The topological polar surface area (TPSA) is 80.1 Å². The predicted molar refractivity (Wildman–Crippen MR) is 72.7 cm³/mol. The Labute approximate surface area is 114 Å². The van der Waals surface area contributed by atoms with E-state index in [4.69, 9.17) is 0 Å². The van der Waals surface area contributed by atoms with Crippen molar-refractivity contribution in [1.82, 2.24) is 20.4 Å².